The van der Waals surface area contributed by atoms with Gasteiger partial charge in [-0.05, 0) is 30.4 Å². The fraction of sp³-hybridized carbons (Fsp3) is 0.667. The summed E-state index contributed by atoms with van der Waals surface area (Å²) in [5, 5.41) is 0. The highest BCUT2D eigenvalue weighted by molar-refractivity contribution is 7.91. The summed E-state index contributed by atoms with van der Waals surface area (Å²) in [5.41, 5.74) is 0.967. The van der Waals surface area contributed by atoms with Crippen molar-refractivity contribution in [3.05, 3.63) is 16.5 Å². The third kappa shape index (κ3) is 2.46. The van der Waals surface area contributed by atoms with E-state index in [9.17, 15) is 8.42 Å². The van der Waals surface area contributed by atoms with E-state index in [0.29, 0.717) is 35.0 Å². The first-order chi connectivity index (χ1) is 8.36. The van der Waals surface area contributed by atoms with Crippen LogP contribution in [-0.4, -0.2) is 25.8 Å². The number of hydrogen-bond acceptors (Lipinski definition) is 3. The maximum atomic E-state index is 12.5. The van der Waals surface area contributed by atoms with Crippen LogP contribution in [0.1, 0.15) is 24.3 Å². The van der Waals surface area contributed by atoms with Crippen LogP contribution in [0.3, 0.4) is 0 Å². The van der Waals surface area contributed by atoms with Gasteiger partial charge in [-0.3, -0.25) is 0 Å². The Hall–Kier alpha value is -0.100. The summed E-state index contributed by atoms with van der Waals surface area (Å²) >= 11 is 7.10. The van der Waals surface area contributed by atoms with Crippen molar-refractivity contribution in [2.24, 2.45) is 11.8 Å². The van der Waals surface area contributed by atoms with Gasteiger partial charge in [0.05, 0.1) is 5.88 Å². The average molecular weight is 308 g/mol. The van der Waals surface area contributed by atoms with Gasteiger partial charge in [-0.1, -0.05) is 13.8 Å². The summed E-state index contributed by atoms with van der Waals surface area (Å²) in [5.74, 6) is 1.22. The van der Waals surface area contributed by atoms with E-state index in [2.05, 4.69) is 13.8 Å². The van der Waals surface area contributed by atoms with Gasteiger partial charge in [-0.15, -0.1) is 22.9 Å². The van der Waals surface area contributed by atoms with Gasteiger partial charge in [-0.2, -0.15) is 4.31 Å². The minimum atomic E-state index is -3.32. The minimum absolute atomic E-state index is 0.374. The standard InChI is InChI=1S/C12H18ClNO2S2/c1-8-4-12(17-11(8)5-13)18(15,16)14-6-9(2)10(3)7-14/h4,9-10H,5-7H2,1-3H3. The summed E-state index contributed by atoms with van der Waals surface area (Å²) in [7, 11) is -3.32. The Kier molecular flexibility index (Phi) is 4.07. The van der Waals surface area contributed by atoms with Crippen LogP contribution in [0, 0.1) is 18.8 Å². The van der Waals surface area contributed by atoms with E-state index in [1.807, 2.05) is 6.92 Å². The Labute approximate surface area is 118 Å². The Morgan fingerprint density at radius 2 is 1.94 bits per heavy atom. The van der Waals surface area contributed by atoms with Crippen LogP contribution in [-0.2, 0) is 15.9 Å². The lowest BCUT2D eigenvalue weighted by Gasteiger charge is -2.14. The molecule has 2 rings (SSSR count). The van der Waals surface area contributed by atoms with Gasteiger partial charge in [0.1, 0.15) is 4.21 Å². The van der Waals surface area contributed by atoms with E-state index in [4.69, 9.17) is 11.6 Å². The van der Waals surface area contributed by atoms with Crippen LogP contribution in [0.4, 0.5) is 0 Å². The van der Waals surface area contributed by atoms with Crippen LogP contribution in [0.2, 0.25) is 0 Å². The molecule has 0 saturated carbocycles. The van der Waals surface area contributed by atoms with Gasteiger partial charge in [0, 0.05) is 18.0 Å². The van der Waals surface area contributed by atoms with E-state index in [1.165, 1.54) is 11.3 Å². The van der Waals surface area contributed by atoms with Crippen LogP contribution in [0.5, 0.6) is 0 Å². The highest BCUT2D eigenvalue weighted by Crippen LogP contribution is 2.33. The van der Waals surface area contributed by atoms with Crippen LogP contribution < -0.4 is 0 Å². The second-order valence-corrected chi connectivity index (χ2v) is 8.65. The molecule has 1 fully saturated rings. The molecule has 2 heterocycles. The molecular weight excluding hydrogens is 290 g/mol. The zero-order valence-corrected chi connectivity index (χ0v) is 13.2. The highest BCUT2D eigenvalue weighted by atomic mass is 35.5. The van der Waals surface area contributed by atoms with Crippen molar-refractivity contribution >= 4 is 33.0 Å². The van der Waals surface area contributed by atoms with E-state index < -0.39 is 10.0 Å². The monoisotopic (exact) mass is 307 g/mol. The van der Waals surface area contributed by atoms with Crippen LogP contribution >= 0.6 is 22.9 Å². The number of rotatable bonds is 3. The van der Waals surface area contributed by atoms with E-state index >= 15 is 0 Å². The predicted molar refractivity (Wildman–Crippen MR) is 75.7 cm³/mol. The van der Waals surface area contributed by atoms with Crippen molar-refractivity contribution in [1.29, 1.82) is 0 Å². The molecule has 0 N–H and O–H groups in total. The van der Waals surface area contributed by atoms with Gasteiger partial charge in [-0.25, -0.2) is 8.42 Å². The van der Waals surface area contributed by atoms with E-state index in [1.54, 1.807) is 10.4 Å². The van der Waals surface area contributed by atoms with Crippen molar-refractivity contribution in [2.75, 3.05) is 13.1 Å². The number of halogens is 1. The molecule has 102 valence electrons. The zero-order chi connectivity index (χ0) is 13.5. The van der Waals surface area contributed by atoms with Crippen molar-refractivity contribution < 1.29 is 8.42 Å². The van der Waals surface area contributed by atoms with E-state index in [0.717, 1.165) is 10.4 Å². The summed E-state index contributed by atoms with van der Waals surface area (Å²) in [6.07, 6.45) is 0. The molecule has 1 aliphatic rings. The number of alkyl halides is 1. The first-order valence-electron chi connectivity index (χ1n) is 6.01. The smallest absolute Gasteiger partial charge is 0.206 e. The van der Waals surface area contributed by atoms with Gasteiger partial charge in [0.2, 0.25) is 0 Å². The lowest BCUT2D eigenvalue weighted by molar-refractivity contribution is 0.465. The summed E-state index contributed by atoms with van der Waals surface area (Å²) < 4.78 is 27.0. The zero-order valence-electron chi connectivity index (χ0n) is 10.8. The average Bonchev–Trinajstić information content (AvgIpc) is 2.84. The van der Waals surface area contributed by atoms with Crippen molar-refractivity contribution in [1.82, 2.24) is 4.31 Å². The number of sulfonamides is 1. The van der Waals surface area contributed by atoms with Crippen LogP contribution in [0.25, 0.3) is 0 Å². The molecule has 2 atom stereocenters. The molecule has 0 radical (unpaired) electrons. The number of thiophene rings is 1. The molecule has 6 heteroatoms. The Morgan fingerprint density at radius 3 is 2.39 bits per heavy atom. The maximum absolute atomic E-state index is 12.5. The minimum Gasteiger partial charge on any atom is -0.206 e. The second-order valence-electron chi connectivity index (χ2n) is 5.08. The first kappa shape index (κ1) is 14.3. The molecule has 1 saturated heterocycles. The van der Waals surface area contributed by atoms with Gasteiger partial charge < -0.3 is 0 Å². The Bertz CT molecular complexity index is 528. The third-order valence-corrected chi connectivity index (χ3v) is 7.61. The molecule has 3 nitrogen and oxygen atoms in total. The topological polar surface area (TPSA) is 37.4 Å². The molecule has 0 aromatic carbocycles. The maximum Gasteiger partial charge on any atom is 0.252 e. The first-order valence-corrected chi connectivity index (χ1v) is 8.80. The summed E-state index contributed by atoms with van der Waals surface area (Å²) in [6, 6.07) is 1.74. The lowest BCUT2D eigenvalue weighted by atomic mass is 10.0. The Morgan fingerprint density at radius 1 is 1.39 bits per heavy atom. The highest BCUT2D eigenvalue weighted by Gasteiger charge is 2.35. The fourth-order valence-electron chi connectivity index (χ4n) is 2.15. The molecule has 1 aromatic rings. The van der Waals surface area contributed by atoms with Crippen molar-refractivity contribution in [3.8, 4) is 0 Å². The number of hydrogen-bond donors (Lipinski definition) is 0. The predicted octanol–water partition coefficient (Wildman–Crippen LogP) is 3.07. The second kappa shape index (κ2) is 5.12. The molecule has 18 heavy (non-hydrogen) atoms. The van der Waals surface area contributed by atoms with Crippen molar-refractivity contribution in [2.45, 2.75) is 30.9 Å². The number of nitrogens with zero attached hydrogens (tertiary/aromatic N) is 1. The molecule has 0 amide bonds. The quantitative estimate of drug-likeness (QED) is 0.805. The molecule has 1 aromatic heterocycles. The molecule has 0 spiro atoms. The Balaban J connectivity index is 2.31. The van der Waals surface area contributed by atoms with Gasteiger partial charge in [0.25, 0.3) is 10.0 Å². The third-order valence-electron chi connectivity index (χ3n) is 3.67. The molecule has 2 unspecified atom stereocenters. The lowest BCUT2D eigenvalue weighted by Crippen LogP contribution is -2.28. The normalized spacial score (nSPS) is 25.8. The van der Waals surface area contributed by atoms with Crippen molar-refractivity contribution in [3.63, 3.8) is 0 Å². The molecule has 0 bridgehead atoms. The summed E-state index contributed by atoms with van der Waals surface area (Å²) in [4.78, 5) is 0.940. The van der Waals surface area contributed by atoms with Crippen LogP contribution in [0.15, 0.2) is 10.3 Å². The van der Waals surface area contributed by atoms with Gasteiger partial charge in [0.15, 0.2) is 0 Å². The SMILES string of the molecule is Cc1cc(S(=O)(=O)N2CC(C)C(C)C2)sc1CCl. The molecule has 1 aliphatic heterocycles. The largest absolute Gasteiger partial charge is 0.252 e. The molecule has 0 aliphatic carbocycles. The fourth-order valence-corrected chi connectivity index (χ4v) is 5.76. The number of aryl methyl sites for hydroxylation is 1. The van der Waals surface area contributed by atoms with Gasteiger partial charge >= 0.3 is 0 Å². The molecular formula is C12H18ClNO2S2. The van der Waals surface area contributed by atoms with E-state index in [-0.39, 0.29) is 0 Å². The summed E-state index contributed by atoms with van der Waals surface area (Å²) in [6.45, 7) is 7.35.